The Morgan fingerprint density at radius 1 is 0.714 bits per heavy atom. The van der Waals surface area contributed by atoms with E-state index in [9.17, 15) is 26.3 Å². The highest BCUT2D eigenvalue weighted by Gasteiger charge is 2.46. The van der Waals surface area contributed by atoms with Crippen LogP contribution < -0.4 is 9.47 Å². The van der Waals surface area contributed by atoms with Crippen molar-refractivity contribution in [3.63, 3.8) is 0 Å². The molecule has 2 fully saturated rings. The molecule has 0 atom stereocenters. The van der Waals surface area contributed by atoms with Crippen LogP contribution in [-0.2, 0) is 9.47 Å². The maximum atomic E-state index is 15.0. The van der Waals surface area contributed by atoms with Crippen LogP contribution in [0.2, 0.25) is 0 Å². The van der Waals surface area contributed by atoms with Crippen LogP contribution in [0.5, 0.6) is 11.5 Å². The minimum absolute atomic E-state index is 0.0666. The quantitative estimate of drug-likeness (QED) is 0.255. The minimum atomic E-state index is -5.12. The van der Waals surface area contributed by atoms with Crippen LogP contribution >= 0.6 is 0 Å². The van der Waals surface area contributed by atoms with Gasteiger partial charge in [-0.1, -0.05) is 42.0 Å². The number of aryl methyl sites for hydroxylation is 1. The SMILES string of the molecule is Cc1ccc(-c2ccc(C3COC(C4CCC(C(F)(F)Oc5ccc(OC(F)(F)F)c(F)c5)CC4)OC3)c(F)c2)cc1. The molecule has 1 aliphatic heterocycles. The largest absolute Gasteiger partial charge is 0.573 e. The number of alkyl halides is 5. The normalized spacial score (nSPS) is 23.4. The van der Waals surface area contributed by atoms with Crippen LogP contribution in [0.4, 0.5) is 30.7 Å². The van der Waals surface area contributed by atoms with Gasteiger partial charge in [-0.2, -0.15) is 8.78 Å². The summed E-state index contributed by atoms with van der Waals surface area (Å²) in [7, 11) is 0. The predicted octanol–water partition coefficient (Wildman–Crippen LogP) is 8.77. The van der Waals surface area contributed by atoms with E-state index in [4.69, 9.17) is 14.2 Å². The maximum Gasteiger partial charge on any atom is 0.573 e. The fraction of sp³-hybridized carbons (Fsp3) is 0.419. The standard InChI is InChI=1S/C31H29F7O4/c1-18-2-4-19(5-3-18)21-8-12-25(26(32)14-21)22-16-39-29(40-17-22)20-6-9-23(10-7-20)30(34,35)41-24-11-13-28(27(33)15-24)42-31(36,37)38/h2-5,8,11-15,20,22-23,29H,6-7,9-10,16-17H2,1H3. The average molecular weight is 599 g/mol. The number of ether oxygens (including phenoxy) is 4. The van der Waals surface area contributed by atoms with Crippen molar-refractivity contribution < 1.29 is 49.7 Å². The molecule has 42 heavy (non-hydrogen) atoms. The summed E-state index contributed by atoms with van der Waals surface area (Å²) in [5, 5.41) is 0. The summed E-state index contributed by atoms with van der Waals surface area (Å²) in [6.45, 7) is 2.43. The summed E-state index contributed by atoms with van der Waals surface area (Å²) < 4.78 is 116. The molecule has 1 saturated carbocycles. The first kappa shape index (κ1) is 30.2. The molecule has 0 unspecified atom stereocenters. The third-order valence-electron chi connectivity index (χ3n) is 7.76. The summed E-state index contributed by atoms with van der Waals surface area (Å²) in [5.74, 6) is -5.24. The lowest BCUT2D eigenvalue weighted by molar-refractivity contribution is -0.275. The minimum Gasteiger partial charge on any atom is -0.432 e. The van der Waals surface area contributed by atoms with Crippen molar-refractivity contribution in [3.8, 4) is 22.6 Å². The Balaban J connectivity index is 1.12. The molecule has 3 aromatic carbocycles. The Morgan fingerprint density at radius 2 is 1.36 bits per heavy atom. The van der Waals surface area contributed by atoms with Gasteiger partial charge >= 0.3 is 12.5 Å². The highest BCUT2D eigenvalue weighted by atomic mass is 19.4. The van der Waals surface area contributed by atoms with Crippen molar-refractivity contribution >= 4 is 0 Å². The second-order valence-electron chi connectivity index (χ2n) is 10.7. The maximum absolute atomic E-state index is 15.0. The molecular formula is C31H29F7O4. The summed E-state index contributed by atoms with van der Waals surface area (Å²) in [4.78, 5) is 0. The molecule has 1 aliphatic carbocycles. The second-order valence-corrected chi connectivity index (χ2v) is 10.7. The number of rotatable bonds is 7. The van der Waals surface area contributed by atoms with Crippen LogP contribution in [0.15, 0.2) is 60.7 Å². The number of halogens is 7. The van der Waals surface area contributed by atoms with Crippen LogP contribution in [0.3, 0.4) is 0 Å². The van der Waals surface area contributed by atoms with Crippen LogP contribution in [0.25, 0.3) is 11.1 Å². The molecule has 11 heteroatoms. The van der Waals surface area contributed by atoms with Gasteiger partial charge in [-0.15, -0.1) is 13.2 Å². The van der Waals surface area contributed by atoms with Crippen molar-refractivity contribution in [2.24, 2.45) is 11.8 Å². The molecule has 3 aromatic rings. The predicted molar refractivity (Wildman–Crippen MR) is 139 cm³/mol. The van der Waals surface area contributed by atoms with E-state index in [0.717, 1.165) is 22.8 Å². The van der Waals surface area contributed by atoms with E-state index >= 15 is 4.39 Å². The topological polar surface area (TPSA) is 36.9 Å². The molecule has 0 spiro atoms. The zero-order valence-electron chi connectivity index (χ0n) is 22.6. The van der Waals surface area contributed by atoms with Crippen molar-refractivity contribution in [1.29, 1.82) is 0 Å². The van der Waals surface area contributed by atoms with E-state index in [1.807, 2.05) is 37.3 Å². The fourth-order valence-electron chi connectivity index (χ4n) is 5.47. The van der Waals surface area contributed by atoms with Crippen LogP contribution in [0.1, 0.15) is 42.7 Å². The monoisotopic (exact) mass is 598 g/mol. The van der Waals surface area contributed by atoms with Gasteiger partial charge in [0, 0.05) is 17.9 Å². The molecule has 1 saturated heterocycles. The first-order valence-corrected chi connectivity index (χ1v) is 13.6. The van der Waals surface area contributed by atoms with E-state index in [1.54, 1.807) is 6.07 Å². The zero-order chi connectivity index (χ0) is 30.1. The van der Waals surface area contributed by atoms with Crippen LogP contribution in [0, 0.1) is 30.4 Å². The number of hydrogen-bond donors (Lipinski definition) is 0. The Hall–Kier alpha value is -3.31. The van der Waals surface area contributed by atoms with Gasteiger partial charge in [0.15, 0.2) is 17.9 Å². The summed E-state index contributed by atoms with van der Waals surface area (Å²) in [6.07, 6.45) is -8.57. The highest BCUT2D eigenvalue weighted by Crippen LogP contribution is 2.43. The number of benzene rings is 3. The fourth-order valence-corrected chi connectivity index (χ4v) is 5.47. The molecule has 5 rings (SSSR count). The van der Waals surface area contributed by atoms with E-state index in [0.29, 0.717) is 30.5 Å². The lowest BCUT2D eigenvalue weighted by atomic mass is 9.80. The van der Waals surface area contributed by atoms with E-state index in [2.05, 4.69) is 4.74 Å². The van der Waals surface area contributed by atoms with E-state index in [-0.39, 0.29) is 43.7 Å². The van der Waals surface area contributed by atoms with Gasteiger partial charge in [0.05, 0.1) is 19.1 Å². The van der Waals surface area contributed by atoms with Gasteiger partial charge in [0.1, 0.15) is 11.6 Å². The second kappa shape index (κ2) is 12.1. The van der Waals surface area contributed by atoms with Gasteiger partial charge in [0.25, 0.3) is 0 Å². The molecule has 0 aromatic heterocycles. The zero-order valence-corrected chi connectivity index (χ0v) is 22.6. The Morgan fingerprint density at radius 3 is 1.95 bits per heavy atom. The molecule has 1 heterocycles. The van der Waals surface area contributed by atoms with Gasteiger partial charge in [-0.3, -0.25) is 0 Å². The van der Waals surface area contributed by atoms with E-state index < -0.39 is 42.0 Å². The molecule has 0 N–H and O–H groups in total. The van der Waals surface area contributed by atoms with Gasteiger partial charge < -0.3 is 18.9 Å². The molecular weight excluding hydrogens is 569 g/mol. The van der Waals surface area contributed by atoms with Crippen molar-refractivity contribution in [2.75, 3.05) is 13.2 Å². The Labute approximate surface area is 238 Å². The first-order chi connectivity index (χ1) is 19.9. The smallest absolute Gasteiger partial charge is 0.432 e. The molecule has 0 amide bonds. The lowest BCUT2D eigenvalue weighted by Gasteiger charge is -2.39. The summed E-state index contributed by atoms with van der Waals surface area (Å²) in [5.41, 5.74) is 3.27. The van der Waals surface area contributed by atoms with E-state index in [1.165, 1.54) is 6.07 Å². The number of hydrogen-bond acceptors (Lipinski definition) is 4. The third kappa shape index (κ3) is 7.18. The summed E-state index contributed by atoms with van der Waals surface area (Å²) >= 11 is 0. The summed E-state index contributed by atoms with van der Waals surface area (Å²) in [6, 6.07) is 14.7. The lowest BCUT2D eigenvalue weighted by Crippen LogP contribution is -2.41. The third-order valence-corrected chi connectivity index (χ3v) is 7.76. The van der Waals surface area contributed by atoms with Crippen molar-refractivity contribution in [3.05, 3.63) is 83.4 Å². The van der Waals surface area contributed by atoms with Crippen molar-refractivity contribution in [1.82, 2.24) is 0 Å². The van der Waals surface area contributed by atoms with Crippen molar-refractivity contribution in [2.45, 2.75) is 57.3 Å². The molecule has 0 radical (unpaired) electrons. The van der Waals surface area contributed by atoms with Crippen LogP contribution in [-0.4, -0.2) is 32.0 Å². The molecule has 4 nitrogen and oxygen atoms in total. The molecule has 226 valence electrons. The average Bonchev–Trinajstić information content (AvgIpc) is 2.94. The van der Waals surface area contributed by atoms with Gasteiger partial charge in [-0.05, 0) is 67.5 Å². The highest BCUT2D eigenvalue weighted by molar-refractivity contribution is 5.64. The first-order valence-electron chi connectivity index (χ1n) is 13.6. The van der Waals surface area contributed by atoms with Gasteiger partial charge in [-0.25, -0.2) is 8.78 Å². The Bertz CT molecular complexity index is 1360. The Kier molecular flexibility index (Phi) is 8.71. The molecule has 0 bridgehead atoms. The molecule has 2 aliphatic rings. The van der Waals surface area contributed by atoms with Gasteiger partial charge in [0.2, 0.25) is 0 Å².